The molecule has 0 amide bonds. The van der Waals surface area contributed by atoms with Gasteiger partial charge in [0.25, 0.3) is 0 Å². The Hall–Kier alpha value is -0.410. The molecule has 0 bridgehead atoms. The number of unbranched alkanes of at least 4 members (excludes halogenated alkanes) is 5. The van der Waals surface area contributed by atoms with E-state index in [2.05, 4.69) is 16.7 Å². The Morgan fingerprint density at radius 3 is 2.09 bits per heavy atom. The second kappa shape index (κ2) is 10.5. The molecular formula is C20H38N2O. The smallest absolute Gasteiger partial charge is 0.132 e. The molecule has 1 saturated carbocycles. The summed E-state index contributed by atoms with van der Waals surface area (Å²) in [5, 5.41) is 0. The highest BCUT2D eigenvalue weighted by molar-refractivity contribution is 5.78. The quantitative estimate of drug-likeness (QED) is 0.597. The standard InChI is InChI=1S/C20H38N2O/c1-3-4-5-6-7-8-13-21-14-16-22(17-15-21)20-11-9-19(10-12-20)18(2)23/h19-20H,3-17H2,1-2H3/t19-,20-. The lowest BCUT2D eigenvalue weighted by Crippen LogP contribution is -2.51. The molecule has 0 aromatic heterocycles. The van der Waals surface area contributed by atoms with Gasteiger partial charge in [-0.3, -0.25) is 9.69 Å². The van der Waals surface area contributed by atoms with Crippen molar-refractivity contribution in [1.82, 2.24) is 9.80 Å². The molecule has 1 saturated heterocycles. The van der Waals surface area contributed by atoms with Gasteiger partial charge in [0, 0.05) is 38.1 Å². The van der Waals surface area contributed by atoms with Crippen molar-refractivity contribution in [3.05, 3.63) is 0 Å². The van der Waals surface area contributed by atoms with Gasteiger partial charge in [-0.2, -0.15) is 0 Å². The largest absolute Gasteiger partial charge is 0.301 e. The van der Waals surface area contributed by atoms with Crippen LogP contribution in [0.25, 0.3) is 0 Å². The van der Waals surface area contributed by atoms with Crippen LogP contribution in [0.3, 0.4) is 0 Å². The van der Waals surface area contributed by atoms with Gasteiger partial charge in [0.2, 0.25) is 0 Å². The molecule has 134 valence electrons. The number of carbonyl (C=O) groups excluding carboxylic acids is 1. The first-order valence-corrected chi connectivity index (χ1v) is 10.2. The summed E-state index contributed by atoms with van der Waals surface area (Å²) in [6, 6.07) is 0.752. The molecule has 2 rings (SSSR count). The zero-order valence-corrected chi connectivity index (χ0v) is 15.6. The lowest BCUT2D eigenvalue weighted by Gasteiger charge is -2.41. The summed E-state index contributed by atoms with van der Waals surface area (Å²) >= 11 is 0. The maximum Gasteiger partial charge on any atom is 0.132 e. The van der Waals surface area contributed by atoms with E-state index in [-0.39, 0.29) is 0 Å². The molecule has 0 atom stereocenters. The minimum Gasteiger partial charge on any atom is -0.301 e. The summed E-state index contributed by atoms with van der Waals surface area (Å²) in [5.41, 5.74) is 0. The molecule has 0 radical (unpaired) electrons. The Bertz CT molecular complexity index is 329. The number of hydrogen-bond donors (Lipinski definition) is 0. The zero-order valence-electron chi connectivity index (χ0n) is 15.6. The third-order valence-corrected chi connectivity index (χ3v) is 6.02. The molecule has 2 fully saturated rings. The molecule has 0 aromatic carbocycles. The van der Waals surface area contributed by atoms with Gasteiger partial charge >= 0.3 is 0 Å². The second-order valence-corrected chi connectivity index (χ2v) is 7.76. The van der Waals surface area contributed by atoms with Gasteiger partial charge in [-0.25, -0.2) is 0 Å². The molecule has 3 heteroatoms. The van der Waals surface area contributed by atoms with E-state index in [0.29, 0.717) is 11.7 Å². The van der Waals surface area contributed by atoms with Crippen LogP contribution < -0.4 is 0 Å². The number of rotatable bonds is 9. The van der Waals surface area contributed by atoms with E-state index in [4.69, 9.17) is 0 Å². The average molecular weight is 323 g/mol. The summed E-state index contributed by atoms with van der Waals surface area (Å²) in [6.07, 6.45) is 13.1. The molecular weight excluding hydrogens is 284 g/mol. The van der Waals surface area contributed by atoms with Gasteiger partial charge in [0.15, 0.2) is 0 Å². The number of nitrogens with zero attached hydrogens (tertiary/aromatic N) is 2. The predicted octanol–water partition coefficient (Wildman–Crippen LogP) is 4.11. The lowest BCUT2D eigenvalue weighted by molar-refractivity contribution is -0.122. The number of ketones is 1. The van der Waals surface area contributed by atoms with Gasteiger partial charge in [-0.1, -0.05) is 39.0 Å². The third-order valence-electron chi connectivity index (χ3n) is 6.02. The van der Waals surface area contributed by atoms with Crippen LogP contribution in [-0.2, 0) is 4.79 Å². The highest BCUT2D eigenvalue weighted by atomic mass is 16.1. The van der Waals surface area contributed by atoms with Crippen molar-refractivity contribution in [3.8, 4) is 0 Å². The van der Waals surface area contributed by atoms with Crippen molar-refractivity contribution in [2.75, 3.05) is 32.7 Å². The number of carbonyl (C=O) groups is 1. The fourth-order valence-corrected chi connectivity index (χ4v) is 4.32. The van der Waals surface area contributed by atoms with Gasteiger partial charge in [0.1, 0.15) is 5.78 Å². The van der Waals surface area contributed by atoms with Crippen LogP contribution in [0, 0.1) is 5.92 Å². The molecule has 1 aliphatic heterocycles. The molecule has 0 N–H and O–H groups in total. The third kappa shape index (κ3) is 6.54. The number of Topliss-reactive ketones (excluding diaryl/α,β-unsaturated/α-hetero) is 1. The number of piperazine rings is 1. The van der Waals surface area contributed by atoms with Crippen LogP contribution in [-0.4, -0.2) is 54.3 Å². The SMILES string of the molecule is CCCCCCCCN1CCN([C@H]2CC[C@H](C(C)=O)CC2)CC1. The Morgan fingerprint density at radius 1 is 0.870 bits per heavy atom. The van der Waals surface area contributed by atoms with Crippen molar-refractivity contribution in [2.24, 2.45) is 5.92 Å². The first-order chi connectivity index (χ1) is 11.2. The Labute approximate surface area is 143 Å². The molecule has 23 heavy (non-hydrogen) atoms. The van der Waals surface area contributed by atoms with Gasteiger partial charge in [-0.05, 0) is 45.6 Å². The van der Waals surface area contributed by atoms with E-state index in [0.717, 1.165) is 18.9 Å². The molecule has 1 heterocycles. The van der Waals surface area contributed by atoms with Crippen LogP contribution in [0.2, 0.25) is 0 Å². The summed E-state index contributed by atoms with van der Waals surface area (Å²) in [5.74, 6) is 0.771. The summed E-state index contributed by atoms with van der Waals surface area (Å²) in [4.78, 5) is 16.9. The Balaban J connectivity index is 1.55. The summed E-state index contributed by atoms with van der Waals surface area (Å²) in [6.45, 7) is 10.3. The van der Waals surface area contributed by atoms with Crippen LogP contribution in [0.15, 0.2) is 0 Å². The highest BCUT2D eigenvalue weighted by Gasteiger charge is 2.29. The fraction of sp³-hybridized carbons (Fsp3) is 0.950. The Kier molecular flexibility index (Phi) is 8.60. The predicted molar refractivity (Wildman–Crippen MR) is 97.8 cm³/mol. The van der Waals surface area contributed by atoms with Crippen molar-refractivity contribution in [2.45, 2.75) is 84.1 Å². The molecule has 0 aromatic rings. The van der Waals surface area contributed by atoms with Gasteiger partial charge < -0.3 is 4.90 Å². The van der Waals surface area contributed by atoms with E-state index < -0.39 is 0 Å². The minimum atomic E-state index is 0.361. The highest BCUT2D eigenvalue weighted by Crippen LogP contribution is 2.28. The molecule has 2 aliphatic rings. The van der Waals surface area contributed by atoms with Crippen LogP contribution >= 0.6 is 0 Å². The van der Waals surface area contributed by atoms with Crippen molar-refractivity contribution in [1.29, 1.82) is 0 Å². The van der Waals surface area contributed by atoms with E-state index in [1.807, 2.05) is 0 Å². The monoisotopic (exact) mass is 322 g/mol. The van der Waals surface area contributed by atoms with E-state index in [1.165, 1.54) is 84.1 Å². The minimum absolute atomic E-state index is 0.361. The van der Waals surface area contributed by atoms with Crippen molar-refractivity contribution in [3.63, 3.8) is 0 Å². The van der Waals surface area contributed by atoms with Crippen molar-refractivity contribution >= 4 is 5.78 Å². The molecule has 0 spiro atoms. The maximum atomic E-state index is 11.5. The normalized spacial score (nSPS) is 27.2. The maximum absolute atomic E-state index is 11.5. The first-order valence-electron chi connectivity index (χ1n) is 10.2. The lowest BCUT2D eigenvalue weighted by atomic mass is 9.83. The second-order valence-electron chi connectivity index (χ2n) is 7.76. The van der Waals surface area contributed by atoms with Crippen molar-refractivity contribution < 1.29 is 4.79 Å². The fourth-order valence-electron chi connectivity index (χ4n) is 4.32. The molecule has 0 unspecified atom stereocenters. The molecule has 3 nitrogen and oxygen atoms in total. The van der Waals surface area contributed by atoms with Gasteiger partial charge in [-0.15, -0.1) is 0 Å². The molecule has 1 aliphatic carbocycles. The summed E-state index contributed by atoms with van der Waals surface area (Å²) < 4.78 is 0. The zero-order chi connectivity index (χ0) is 16.5. The number of hydrogen-bond acceptors (Lipinski definition) is 3. The van der Waals surface area contributed by atoms with E-state index in [1.54, 1.807) is 6.92 Å². The van der Waals surface area contributed by atoms with E-state index in [9.17, 15) is 4.79 Å². The summed E-state index contributed by atoms with van der Waals surface area (Å²) in [7, 11) is 0. The Morgan fingerprint density at radius 2 is 1.48 bits per heavy atom. The first kappa shape index (κ1) is 18.9. The van der Waals surface area contributed by atoms with E-state index >= 15 is 0 Å². The van der Waals surface area contributed by atoms with Crippen LogP contribution in [0.5, 0.6) is 0 Å². The van der Waals surface area contributed by atoms with Gasteiger partial charge in [0.05, 0.1) is 0 Å². The van der Waals surface area contributed by atoms with Crippen LogP contribution in [0.1, 0.15) is 78.1 Å². The topological polar surface area (TPSA) is 23.6 Å². The average Bonchev–Trinajstić information content (AvgIpc) is 2.58. The van der Waals surface area contributed by atoms with Crippen LogP contribution in [0.4, 0.5) is 0 Å².